The van der Waals surface area contributed by atoms with Crippen LogP contribution in [0.5, 0.6) is 0 Å². The smallest absolute Gasteiger partial charge is 0.289 e. The molecular formula is C17H12ClFN4O3. The molecule has 2 rings (SSSR count). The maximum absolute atomic E-state index is 13.5. The second-order valence-corrected chi connectivity index (χ2v) is 5.43. The number of nitro groups is 1. The third kappa shape index (κ3) is 4.78. The molecule has 0 spiro atoms. The van der Waals surface area contributed by atoms with Gasteiger partial charge < -0.3 is 10.6 Å². The lowest BCUT2D eigenvalue weighted by atomic mass is 10.2. The third-order valence-electron chi connectivity index (χ3n) is 3.26. The second kappa shape index (κ2) is 8.60. The van der Waals surface area contributed by atoms with Crippen molar-refractivity contribution < 1.29 is 14.1 Å². The maximum Gasteiger partial charge on any atom is 0.289 e. The Morgan fingerprint density at radius 3 is 2.73 bits per heavy atom. The fourth-order valence-electron chi connectivity index (χ4n) is 1.98. The largest absolute Gasteiger partial charge is 0.385 e. The first-order chi connectivity index (χ1) is 12.4. The number of halogens is 2. The maximum atomic E-state index is 13.5. The number of nitrogens with one attached hydrogen (secondary N) is 2. The molecule has 0 atom stereocenters. The molecule has 0 aliphatic carbocycles. The normalized spacial score (nSPS) is 10.7. The lowest BCUT2D eigenvalue weighted by Gasteiger charge is -2.06. The third-order valence-corrected chi connectivity index (χ3v) is 3.58. The van der Waals surface area contributed by atoms with Crippen LogP contribution >= 0.6 is 11.6 Å². The van der Waals surface area contributed by atoms with Gasteiger partial charge in [-0.2, -0.15) is 5.26 Å². The van der Waals surface area contributed by atoms with Crippen LogP contribution in [0.15, 0.2) is 54.2 Å². The van der Waals surface area contributed by atoms with Crippen LogP contribution in [0.3, 0.4) is 0 Å². The van der Waals surface area contributed by atoms with Crippen LogP contribution in [-0.2, 0) is 11.3 Å². The van der Waals surface area contributed by atoms with Crippen LogP contribution in [0, 0.1) is 27.3 Å². The van der Waals surface area contributed by atoms with Gasteiger partial charge in [0.1, 0.15) is 22.5 Å². The van der Waals surface area contributed by atoms with Gasteiger partial charge >= 0.3 is 0 Å². The minimum absolute atomic E-state index is 0.0735. The van der Waals surface area contributed by atoms with Crippen LogP contribution in [0.1, 0.15) is 5.56 Å². The molecule has 0 fully saturated rings. The van der Waals surface area contributed by atoms with Gasteiger partial charge in [0.05, 0.1) is 4.92 Å². The summed E-state index contributed by atoms with van der Waals surface area (Å²) >= 11 is 5.70. The molecule has 1 amide bonds. The molecule has 7 nitrogen and oxygen atoms in total. The van der Waals surface area contributed by atoms with Crippen molar-refractivity contribution in [1.29, 1.82) is 5.26 Å². The Bertz CT molecular complexity index is 924. The lowest BCUT2D eigenvalue weighted by Crippen LogP contribution is -2.17. The molecule has 0 unspecified atom stereocenters. The van der Waals surface area contributed by atoms with Crippen molar-refractivity contribution in [3.63, 3.8) is 0 Å². The van der Waals surface area contributed by atoms with E-state index in [2.05, 4.69) is 10.6 Å². The Morgan fingerprint density at radius 2 is 2.08 bits per heavy atom. The molecule has 0 saturated carbocycles. The Hall–Kier alpha value is -3.44. The number of nitrogens with zero attached hydrogens (tertiary/aromatic N) is 2. The number of rotatable bonds is 6. The average Bonchev–Trinajstić information content (AvgIpc) is 2.61. The van der Waals surface area contributed by atoms with E-state index in [0.29, 0.717) is 5.56 Å². The monoisotopic (exact) mass is 374 g/mol. The highest BCUT2D eigenvalue weighted by Crippen LogP contribution is 2.27. The minimum Gasteiger partial charge on any atom is -0.385 e. The van der Waals surface area contributed by atoms with Crippen molar-refractivity contribution in [1.82, 2.24) is 5.32 Å². The van der Waals surface area contributed by atoms with Gasteiger partial charge in [-0.05, 0) is 18.2 Å². The topological polar surface area (TPSA) is 108 Å². The van der Waals surface area contributed by atoms with Crippen molar-refractivity contribution in [3.8, 4) is 6.07 Å². The van der Waals surface area contributed by atoms with E-state index in [1.54, 1.807) is 24.3 Å². The number of nitriles is 1. The standard InChI is InChI=1S/C17H12ClFN4O3/c18-14-6-5-13(7-16(14)23(25)26)22-17(24)12(8-20)10-21-9-11-3-1-2-4-15(11)19/h1-7,10,21H,9H2,(H,22,24)/b12-10-. The molecule has 0 aliphatic rings. The van der Waals surface area contributed by atoms with Crippen molar-refractivity contribution in [3.05, 3.63) is 80.8 Å². The van der Waals surface area contributed by atoms with Crippen molar-refractivity contribution in [2.45, 2.75) is 6.54 Å². The predicted molar refractivity (Wildman–Crippen MR) is 93.7 cm³/mol. The molecule has 0 saturated heterocycles. The number of amides is 1. The highest BCUT2D eigenvalue weighted by Gasteiger charge is 2.15. The summed E-state index contributed by atoms with van der Waals surface area (Å²) in [5.41, 5.74) is -0.167. The number of carbonyl (C=O) groups excluding carboxylic acids is 1. The Morgan fingerprint density at radius 1 is 1.35 bits per heavy atom. The average molecular weight is 375 g/mol. The summed E-state index contributed by atoms with van der Waals surface area (Å²) in [6, 6.07) is 11.5. The number of benzene rings is 2. The SMILES string of the molecule is N#C/C(=C/NCc1ccccc1F)C(=O)Nc1ccc(Cl)c([N+](=O)[O-])c1. The van der Waals surface area contributed by atoms with E-state index in [4.69, 9.17) is 16.9 Å². The fraction of sp³-hybridized carbons (Fsp3) is 0.0588. The highest BCUT2D eigenvalue weighted by molar-refractivity contribution is 6.32. The van der Waals surface area contributed by atoms with Crippen LogP contribution in [0.2, 0.25) is 5.02 Å². The van der Waals surface area contributed by atoms with Gasteiger partial charge in [-0.1, -0.05) is 29.8 Å². The minimum atomic E-state index is -0.773. The van der Waals surface area contributed by atoms with E-state index in [9.17, 15) is 19.3 Å². The Balaban J connectivity index is 2.07. The number of nitro benzene ring substituents is 1. The predicted octanol–water partition coefficient (Wildman–Crippen LogP) is 3.52. The summed E-state index contributed by atoms with van der Waals surface area (Å²) in [5, 5.41) is 24.9. The molecule has 9 heteroatoms. The second-order valence-electron chi connectivity index (χ2n) is 5.02. The molecular weight excluding hydrogens is 363 g/mol. The molecule has 2 aromatic carbocycles. The molecule has 0 radical (unpaired) electrons. The molecule has 132 valence electrons. The van der Waals surface area contributed by atoms with Crippen molar-refractivity contribution >= 4 is 28.9 Å². The van der Waals surface area contributed by atoms with Crippen LogP contribution in [0.4, 0.5) is 15.8 Å². The number of anilines is 1. The van der Waals surface area contributed by atoms with Crippen LogP contribution < -0.4 is 10.6 Å². The van der Waals surface area contributed by atoms with Gasteiger partial charge in [0.2, 0.25) is 0 Å². The summed E-state index contributed by atoms with van der Waals surface area (Å²) in [5.74, 6) is -1.19. The van der Waals surface area contributed by atoms with E-state index < -0.39 is 16.6 Å². The van der Waals surface area contributed by atoms with Gasteiger partial charge in [-0.3, -0.25) is 14.9 Å². The summed E-state index contributed by atoms with van der Waals surface area (Å²) < 4.78 is 13.5. The van der Waals surface area contributed by atoms with E-state index in [0.717, 1.165) is 12.3 Å². The molecule has 26 heavy (non-hydrogen) atoms. The molecule has 0 aliphatic heterocycles. The lowest BCUT2D eigenvalue weighted by molar-refractivity contribution is -0.384. The van der Waals surface area contributed by atoms with Crippen molar-refractivity contribution in [2.75, 3.05) is 5.32 Å². The van der Waals surface area contributed by atoms with Crippen molar-refractivity contribution in [2.24, 2.45) is 0 Å². The first-order valence-electron chi connectivity index (χ1n) is 7.24. The van der Waals surface area contributed by atoms with Gasteiger partial charge in [0.25, 0.3) is 11.6 Å². The molecule has 0 aromatic heterocycles. The number of hydrogen-bond donors (Lipinski definition) is 2. The number of hydrogen-bond acceptors (Lipinski definition) is 5. The summed E-state index contributed by atoms with van der Waals surface area (Å²) in [6.07, 6.45) is 1.14. The van der Waals surface area contributed by atoms with Crippen LogP contribution in [0.25, 0.3) is 0 Å². The van der Waals surface area contributed by atoms with Gasteiger partial charge in [-0.25, -0.2) is 4.39 Å². The van der Waals surface area contributed by atoms with Gasteiger partial charge in [0.15, 0.2) is 0 Å². The fourth-order valence-corrected chi connectivity index (χ4v) is 2.17. The molecule has 0 heterocycles. The zero-order valence-electron chi connectivity index (χ0n) is 13.2. The first kappa shape index (κ1) is 18.9. The number of carbonyl (C=O) groups is 1. The van der Waals surface area contributed by atoms with E-state index in [1.807, 2.05) is 0 Å². The summed E-state index contributed by atoms with van der Waals surface area (Å²) in [6.45, 7) is 0.0809. The van der Waals surface area contributed by atoms with E-state index in [1.165, 1.54) is 18.2 Å². The summed E-state index contributed by atoms with van der Waals surface area (Å²) in [4.78, 5) is 22.3. The summed E-state index contributed by atoms with van der Waals surface area (Å²) in [7, 11) is 0. The Labute approximate surface area is 152 Å². The first-order valence-corrected chi connectivity index (χ1v) is 7.62. The molecule has 0 bridgehead atoms. The molecule has 2 aromatic rings. The van der Waals surface area contributed by atoms with Gasteiger partial charge in [-0.15, -0.1) is 0 Å². The highest BCUT2D eigenvalue weighted by atomic mass is 35.5. The van der Waals surface area contributed by atoms with Crippen LogP contribution in [-0.4, -0.2) is 10.8 Å². The van der Waals surface area contributed by atoms with E-state index in [-0.39, 0.29) is 28.5 Å². The molecule has 2 N–H and O–H groups in total. The quantitative estimate of drug-likeness (QED) is 0.348. The van der Waals surface area contributed by atoms with E-state index >= 15 is 0 Å². The van der Waals surface area contributed by atoms with Gasteiger partial charge in [0, 0.05) is 30.1 Å². The zero-order valence-corrected chi connectivity index (χ0v) is 14.0. The Kier molecular flexibility index (Phi) is 6.25. The zero-order chi connectivity index (χ0) is 19.1.